The zero-order chi connectivity index (χ0) is 12.0. The third-order valence-electron chi connectivity index (χ3n) is 2.81. The fraction of sp³-hybridized carbons (Fsp3) is 1.00. The van der Waals surface area contributed by atoms with Crippen LogP contribution in [0.4, 0.5) is 0 Å². The Morgan fingerprint density at radius 1 is 1.25 bits per heavy atom. The van der Waals surface area contributed by atoms with Crippen LogP contribution >= 0.6 is 0 Å². The zero-order valence-corrected chi connectivity index (χ0v) is 10.9. The molecule has 4 nitrogen and oxygen atoms in total. The second kappa shape index (κ2) is 6.55. The van der Waals surface area contributed by atoms with E-state index in [4.69, 9.17) is 15.2 Å². The average Bonchev–Trinajstić information content (AvgIpc) is 2.19. The Hall–Kier alpha value is -0.160. The highest BCUT2D eigenvalue weighted by molar-refractivity contribution is 4.81. The molecule has 0 amide bonds. The second-order valence-electron chi connectivity index (χ2n) is 5.33. The van der Waals surface area contributed by atoms with Gasteiger partial charge in [0.25, 0.3) is 0 Å². The number of nitrogens with two attached hydrogens (primary N) is 1. The molecule has 1 fully saturated rings. The Morgan fingerprint density at radius 2 is 1.88 bits per heavy atom. The topological polar surface area (TPSA) is 47.7 Å². The van der Waals surface area contributed by atoms with E-state index in [1.54, 1.807) is 7.11 Å². The fourth-order valence-electron chi connectivity index (χ4n) is 2.11. The molecule has 0 radical (unpaired) electrons. The summed E-state index contributed by atoms with van der Waals surface area (Å²) >= 11 is 0. The van der Waals surface area contributed by atoms with E-state index in [9.17, 15) is 0 Å². The molecule has 0 aromatic carbocycles. The van der Waals surface area contributed by atoms with E-state index in [0.717, 1.165) is 32.5 Å². The Morgan fingerprint density at radius 3 is 2.38 bits per heavy atom. The van der Waals surface area contributed by atoms with E-state index in [1.807, 2.05) is 0 Å². The highest BCUT2D eigenvalue weighted by atomic mass is 16.5. The number of ether oxygens (including phenoxy) is 2. The fourth-order valence-corrected chi connectivity index (χ4v) is 2.11. The number of likely N-dealkylation sites (tertiary alicyclic amines) is 1. The number of piperidine rings is 1. The van der Waals surface area contributed by atoms with Crippen LogP contribution in [0.15, 0.2) is 0 Å². The molecule has 16 heavy (non-hydrogen) atoms. The van der Waals surface area contributed by atoms with Crippen molar-refractivity contribution in [1.82, 2.24) is 4.90 Å². The Bertz CT molecular complexity index is 184. The van der Waals surface area contributed by atoms with Crippen LogP contribution in [0.1, 0.15) is 26.7 Å². The van der Waals surface area contributed by atoms with E-state index in [-0.39, 0.29) is 5.54 Å². The van der Waals surface area contributed by atoms with Gasteiger partial charge in [0.1, 0.15) is 0 Å². The molecular weight excluding hydrogens is 204 g/mol. The van der Waals surface area contributed by atoms with Gasteiger partial charge in [-0.15, -0.1) is 0 Å². The van der Waals surface area contributed by atoms with Gasteiger partial charge in [-0.1, -0.05) is 0 Å². The monoisotopic (exact) mass is 230 g/mol. The summed E-state index contributed by atoms with van der Waals surface area (Å²) in [4.78, 5) is 2.43. The van der Waals surface area contributed by atoms with Crippen molar-refractivity contribution >= 4 is 0 Å². The molecule has 0 bridgehead atoms. The van der Waals surface area contributed by atoms with Gasteiger partial charge in [-0.25, -0.2) is 0 Å². The van der Waals surface area contributed by atoms with Crippen molar-refractivity contribution in [3.05, 3.63) is 0 Å². The van der Waals surface area contributed by atoms with Gasteiger partial charge in [0.05, 0.1) is 19.3 Å². The summed E-state index contributed by atoms with van der Waals surface area (Å²) in [5, 5.41) is 0. The van der Waals surface area contributed by atoms with Crippen LogP contribution in [0, 0.1) is 0 Å². The maximum Gasteiger partial charge on any atom is 0.0704 e. The van der Waals surface area contributed by atoms with E-state index in [1.165, 1.54) is 0 Å². The van der Waals surface area contributed by atoms with E-state index in [2.05, 4.69) is 18.7 Å². The molecule has 0 aliphatic carbocycles. The van der Waals surface area contributed by atoms with E-state index < -0.39 is 0 Å². The molecule has 0 aromatic rings. The summed E-state index contributed by atoms with van der Waals surface area (Å²) in [6, 6.07) is 0. The standard InChI is InChI=1S/C12H26N2O2/c1-12(2,13)10-14-6-4-11(5-7-14)16-9-8-15-3/h11H,4-10,13H2,1-3H3. The van der Waals surface area contributed by atoms with Crippen LogP contribution in [-0.2, 0) is 9.47 Å². The molecule has 4 heteroatoms. The Kier molecular flexibility index (Phi) is 5.69. The summed E-state index contributed by atoms with van der Waals surface area (Å²) in [6.07, 6.45) is 2.63. The van der Waals surface area contributed by atoms with Gasteiger partial charge >= 0.3 is 0 Å². The molecule has 1 aliphatic rings. The first-order chi connectivity index (χ1) is 7.51. The molecule has 0 atom stereocenters. The van der Waals surface area contributed by atoms with Crippen LogP contribution in [0.2, 0.25) is 0 Å². The summed E-state index contributed by atoms with van der Waals surface area (Å²) in [6.45, 7) is 8.72. The van der Waals surface area contributed by atoms with Gasteiger partial charge in [-0.2, -0.15) is 0 Å². The zero-order valence-electron chi connectivity index (χ0n) is 10.9. The third-order valence-corrected chi connectivity index (χ3v) is 2.81. The Balaban J connectivity index is 2.13. The lowest BCUT2D eigenvalue weighted by molar-refractivity contribution is -0.0167. The van der Waals surface area contributed by atoms with Gasteiger partial charge in [-0.3, -0.25) is 0 Å². The third kappa shape index (κ3) is 5.80. The normalized spacial score (nSPS) is 20.2. The molecule has 1 heterocycles. The van der Waals surface area contributed by atoms with Crippen LogP contribution in [0.25, 0.3) is 0 Å². The highest BCUT2D eigenvalue weighted by Crippen LogP contribution is 2.15. The minimum atomic E-state index is -0.0935. The van der Waals surface area contributed by atoms with Crippen LogP contribution in [0.5, 0.6) is 0 Å². The summed E-state index contributed by atoms with van der Waals surface area (Å²) in [5.74, 6) is 0. The molecule has 1 aliphatic heterocycles. The number of hydrogen-bond acceptors (Lipinski definition) is 4. The quantitative estimate of drug-likeness (QED) is 0.687. The predicted octanol–water partition coefficient (Wildman–Crippen LogP) is 0.851. The van der Waals surface area contributed by atoms with Gasteiger partial charge in [0.15, 0.2) is 0 Å². The van der Waals surface area contributed by atoms with Gasteiger partial charge < -0.3 is 20.1 Å². The maximum atomic E-state index is 6.01. The minimum absolute atomic E-state index is 0.0935. The van der Waals surface area contributed by atoms with E-state index in [0.29, 0.717) is 19.3 Å². The summed E-state index contributed by atoms with van der Waals surface area (Å²) in [5.41, 5.74) is 5.92. The molecule has 0 aromatic heterocycles. The lowest BCUT2D eigenvalue weighted by Crippen LogP contribution is -2.48. The first-order valence-electron chi connectivity index (χ1n) is 6.13. The van der Waals surface area contributed by atoms with E-state index >= 15 is 0 Å². The summed E-state index contributed by atoms with van der Waals surface area (Å²) in [7, 11) is 1.70. The molecule has 96 valence electrons. The maximum absolute atomic E-state index is 6.01. The summed E-state index contributed by atoms with van der Waals surface area (Å²) < 4.78 is 10.7. The van der Waals surface area contributed by atoms with Crippen molar-refractivity contribution in [2.45, 2.75) is 38.3 Å². The largest absolute Gasteiger partial charge is 0.382 e. The van der Waals surface area contributed by atoms with Crippen molar-refractivity contribution < 1.29 is 9.47 Å². The van der Waals surface area contributed by atoms with Gasteiger partial charge in [0.2, 0.25) is 0 Å². The van der Waals surface area contributed by atoms with Crippen molar-refractivity contribution in [2.75, 3.05) is 40.0 Å². The molecule has 0 unspecified atom stereocenters. The van der Waals surface area contributed by atoms with Crippen molar-refractivity contribution in [3.8, 4) is 0 Å². The number of hydrogen-bond donors (Lipinski definition) is 1. The minimum Gasteiger partial charge on any atom is -0.382 e. The average molecular weight is 230 g/mol. The lowest BCUT2D eigenvalue weighted by atomic mass is 10.0. The Labute approximate surface area is 99.1 Å². The second-order valence-corrected chi connectivity index (χ2v) is 5.33. The molecule has 0 saturated carbocycles. The first-order valence-corrected chi connectivity index (χ1v) is 6.13. The van der Waals surface area contributed by atoms with Crippen molar-refractivity contribution in [1.29, 1.82) is 0 Å². The molecule has 2 N–H and O–H groups in total. The van der Waals surface area contributed by atoms with Gasteiger partial charge in [-0.05, 0) is 26.7 Å². The van der Waals surface area contributed by atoms with Crippen molar-refractivity contribution in [2.24, 2.45) is 5.73 Å². The molecule has 1 saturated heterocycles. The van der Waals surface area contributed by atoms with Crippen LogP contribution < -0.4 is 5.73 Å². The first kappa shape index (κ1) is 13.9. The number of rotatable bonds is 6. The molecule has 0 spiro atoms. The van der Waals surface area contributed by atoms with Crippen LogP contribution in [-0.4, -0.2) is 56.5 Å². The van der Waals surface area contributed by atoms with Gasteiger partial charge in [0, 0.05) is 32.3 Å². The van der Waals surface area contributed by atoms with Crippen LogP contribution in [0.3, 0.4) is 0 Å². The SMILES string of the molecule is COCCOC1CCN(CC(C)(C)N)CC1. The smallest absolute Gasteiger partial charge is 0.0704 e. The molecular formula is C12H26N2O2. The predicted molar refractivity (Wildman–Crippen MR) is 65.6 cm³/mol. The number of nitrogens with zero attached hydrogens (tertiary/aromatic N) is 1. The molecule has 1 rings (SSSR count). The van der Waals surface area contributed by atoms with Crippen molar-refractivity contribution in [3.63, 3.8) is 0 Å². The highest BCUT2D eigenvalue weighted by Gasteiger charge is 2.23. The number of methoxy groups -OCH3 is 1. The lowest BCUT2D eigenvalue weighted by Gasteiger charge is -2.35.